The fourth-order valence-electron chi connectivity index (χ4n) is 1.51. The predicted octanol–water partition coefficient (Wildman–Crippen LogP) is 4.02. The molecule has 1 N–H and O–H groups in total. The summed E-state index contributed by atoms with van der Waals surface area (Å²) in [6, 6.07) is 4.76. The van der Waals surface area contributed by atoms with Gasteiger partial charge >= 0.3 is 0 Å². The molecule has 17 heavy (non-hydrogen) atoms. The van der Waals surface area contributed by atoms with Crippen LogP contribution < -0.4 is 5.32 Å². The van der Waals surface area contributed by atoms with E-state index in [0.29, 0.717) is 22.7 Å². The average Bonchev–Trinajstić information content (AvgIpc) is 2.72. The quantitative estimate of drug-likeness (QED) is 0.879. The number of thioether (sulfide) groups is 1. The summed E-state index contributed by atoms with van der Waals surface area (Å²) in [6.07, 6.45) is 0. The standard InChI is InChI=1S/C12H14ClFN2S/c1-7(2)11-6-17-12(16-11)15-10-5-8(13)3-4-9(10)14/h3-5,7,11H,6H2,1-2H3,(H,15,16)/t11-/m1/s1. The van der Waals surface area contributed by atoms with Crippen LogP contribution in [0.3, 0.4) is 0 Å². The molecule has 0 aliphatic carbocycles. The van der Waals surface area contributed by atoms with Crippen molar-refractivity contribution < 1.29 is 4.39 Å². The normalized spacial score (nSPS) is 19.6. The summed E-state index contributed by atoms with van der Waals surface area (Å²) in [7, 11) is 0. The second-order valence-corrected chi connectivity index (χ2v) is 5.75. The molecule has 0 amide bonds. The van der Waals surface area contributed by atoms with E-state index in [4.69, 9.17) is 11.6 Å². The molecule has 0 saturated carbocycles. The van der Waals surface area contributed by atoms with E-state index in [0.717, 1.165) is 10.9 Å². The van der Waals surface area contributed by atoms with Gasteiger partial charge in [-0.2, -0.15) is 0 Å². The summed E-state index contributed by atoms with van der Waals surface area (Å²) in [6.45, 7) is 4.27. The van der Waals surface area contributed by atoms with Crippen LogP contribution in [0, 0.1) is 11.7 Å². The number of aliphatic imine (C=N–C) groups is 1. The van der Waals surface area contributed by atoms with Gasteiger partial charge in [0.1, 0.15) is 5.82 Å². The minimum atomic E-state index is -0.314. The summed E-state index contributed by atoms with van der Waals surface area (Å²) in [5.74, 6) is 1.14. The van der Waals surface area contributed by atoms with E-state index in [9.17, 15) is 4.39 Å². The first-order valence-electron chi connectivity index (χ1n) is 5.49. The van der Waals surface area contributed by atoms with Gasteiger partial charge in [-0.05, 0) is 24.1 Å². The number of amidine groups is 1. The molecule has 0 spiro atoms. The van der Waals surface area contributed by atoms with Gasteiger partial charge in [0.15, 0.2) is 5.17 Å². The molecule has 1 aromatic carbocycles. The van der Waals surface area contributed by atoms with Crippen LogP contribution in [0.4, 0.5) is 10.1 Å². The maximum Gasteiger partial charge on any atom is 0.161 e. The number of hydrogen-bond donors (Lipinski definition) is 1. The monoisotopic (exact) mass is 272 g/mol. The second kappa shape index (κ2) is 5.27. The fourth-order valence-corrected chi connectivity index (χ4v) is 2.86. The highest BCUT2D eigenvalue weighted by atomic mass is 35.5. The Morgan fingerprint density at radius 3 is 2.94 bits per heavy atom. The van der Waals surface area contributed by atoms with Gasteiger partial charge < -0.3 is 5.32 Å². The molecule has 0 saturated heterocycles. The third kappa shape index (κ3) is 3.13. The van der Waals surface area contributed by atoms with Crippen LogP contribution in [0.25, 0.3) is 0 Å². The number of anilines is 1. The lowest BCUT2D eigenvalue weighted by Crippen LogP contribution is -2.12. The van der Waals surface area contributed by atoms with Crippen LogP contribution in [-0.4, -0.2) is 17.0 Å². The Hall–Kier alpha value is -0.740. The maximum absolute atomic E-state index is 13.5. The van der Waals surface area contributed by atoms with Gasteiger partial charge in [-0.25, -0.2) is 4.39 Å². The van der Waals surface area contributed by atoms with Gasteiger partial charge in [-0.1, -0.05) is 37.2 Å². The number of benzene rings is 1. The number of nitrogens with one attached hydrogen (secondary N) is 1. The third-order valence-electron chi connectivity index (χ3n) is 2.61. The van der Waals surface area contributed by atoms with Crippen LogP contribution >= 0.6 is 23.4 Å². The molecule has 1 aliphatic rings. The SMILES string of the molecule is CC(C)[C@H]1CSC(Nc2cc(Cl)ccc2F)=N1. The first-order chi connectivity index (χ1) is 8.06. The zero-order chi connectivity index (χ0) is 12.4. The zero-order valence-corrected chi connectivity index (χ0v) is 11.3. The van der Waals surface area contributed by atoms with E-state index >= 15 is 0 Å². The zero-order valence-electron chi connectivity index (χ0n) is 9.71. The molecule has 2 nitrogen and oxygen atoms in total. The van der Waals surface area contributed by atoms with Crippen molar-refractivity contribution in [3.63, 3.8) is 0 Å². The Kier molecular flexibility index (Phi) is 3.94. The molecule has 1 aliphatic heterocycles. The molecule has 0 radical (unpaired) electrons. The van der Waals surface area contributed by atoms with Gasteiger partial charge in [0.05, 0.1) is 11.7 Å². The van der Waals surface area contributed by atoms with Crippen LogP contribution in [0.1, 0.15) is 13.8 Å². The van der Waals surface area contributed by atoms with Gasteiger partial charge in [-0.15, -0.1) is 0 Å². The van der Waals surface area contributed by atoms with Crippen molar-refractivity contribution in [2.45, 2.75) is 19.9 Å². The van der Waals surface area contributed by atoms with Crippen molar-refractivity contribution in [3.8, 4) is 0 Å². The van der Waals surface area contributed by atoms with Crippen LogP contribution in [0.15, 0.2) is 23.2 Å². The Morgan fingerprint density at radius 2 is 2.29 bits per heavy atom. The van der Waals surface area contributed by atoms with Gasteiger partial charge in [0.2, 0.25) is 0 Å². The van der Waals surface area contributed by atoms with Gasteiger partial charge in [0.25, 0.3) is 0 Å². The molecule has 0 aromatic heterocycles. The first kappa shape index (κ1) is 12.7. The molecule has 0 bridgehead atoms. The summed E-state index contributed by atoms with van der Waals surface area (Å²) in [4.78, 5) is 4.51. The highest BCUT2D eigenvalue weighted by Crippen LogP contribution is 2.26. The van der Waals surface area contributed by atoms with Gasteiger partial charge in [-0.3, -0.25) is 4.99 Å². The van der Waals surface area contributed by atoms with Crippen molar-refractivity contribution in [2.75, 3.05) is 11.1 Å². The summed E-state index contributed by atoms with van der Waals surface area (Å²) < 4.78 is 13.5. The second-order valence-electron chi connectivity index (χ2n) is 4.31. The van der Waals surface area contributed by atoms with Crippen molar-refractivity contribution in [1.29, 1.82) is 0 Å². The van der Waals surface area contributed by atoms with E-state index in [1.807, 2.05) is 0 Å². The predicted molar refractivity (Wildman–Crippen MR) is 73.6 cm³/mol. The van der Waals surface area contributed by atoms with E-state index < -0.39 is 0 Å². The van der Waals surface area contributed by atoms with Crippen LogP contribution in [0.2, 0.25) is 5.02 Å². The molecule has 1 aromatic rings. The Bertz CT molecular complexity index is 448. The summed E-state index contributed by atoms with van der Waals surface area (Å²) in [5.41, 5.74) is 0.383. The first-order valence-corrected chi connectivity index (χ1v) is 6.85. The molecule has 0 unspecified atom stereocenters. The molecule has 0 fully saturated rings. The lowest BCUT2D eigenvalue weighted by Gasteiger charge is -2.08. The number of nitrogens with zero attached hydrogens (tertiary/aromatic N) is 1. The summed E-state index contributed by atoms with van der Waals surface area (Å²) >= 11 is 7.45. The van der Waals surface area contributed by atoms with Crippen molar-refractivity contribution in [2.24, 2.45) is 10.9 Å². The molecular weight excluding hydrogens is 259 g/mol. The fraction of sp³-hybridized carbons (Fsp3) is 0.417. The molecular formula is C12H14ClFN2S. The largest absolute Gasteiger partial charge is 0.333 e. The molecule has 92 valence electrons. The Balaban J connectivity index is 2.11. The van der Waals surface area contributed by atoms with Gasteiger partial charge in [0, 0.05) is 10.8 Å². The lowest BCUT2D eigenvalue weighted by atomic mass is 10.1. The van der Waals surface area contributed by atoms with E-state index in [1.165, 1.54) is 12.1 Å². The number of hydrogen-bond acceptors (Lipinski definition) is 3. The minimum Gasteiger partial charge on any atom is -0.333 e. The van der Waals surface area contributed by atoms with E-state index in [-0.39, 0.29) is 5.82 Å². The topological polar surface area (TPSA) is 24.4 Å². The molecule has 2 rings (SSSR count). The van der Waals surface area contributed by atoms with Crippen molar-refractivity contribution in [3.05, 3.63) is 29.0 Å². The lowest BCUT2D eigenvalue weighted by molar-refractivity contribution is 0.543. The number of halogens is 2. The van der Waals surface area contributed by atoms with Crippen LogP contribution in [0.5, 0.6) is 0 Å². The maximum atomic E-state index is 13.5. The Morgan fingerprint density at radius 1 is 1.53 bits per heavy atom. The van der Waals surface area contributed by atoms with Crippen molar-refractivity contribution >= 4 is 34.2 Å². The minimum absolute atomic E-state index is 0.310. The van der Waals surface area contributed by atoms with E-state index in [1.54, 1.807) is 17.8 Å². The Labute approximate surface area is 110 Å². The van der Waals surface area contributed by atoms with Crippen LogP contribution in [-0.2, 0) is 0 Å². The average molecular weight is 273 g/mol. The smallest absolute Gasteiger partial charge is 0.161 e. The number of rotatable bonds is 2. The van der Waals surface area contributed by atoms with Crippen molar-refractivity contribution in [1.82, 2.24) is 0 Å². The summed E-state index contributed by atoms with van der Waals surface area (Å²) in [5, 5.41) is 4.27. The molecule has 5 heteroatoms. The highest BCUT2D eigenvalue weighted by molar-refractivity contribution is 8.14. The van der Waals surface area contributed by atoms with E-state index in [2.05, 4.69) is 24.2 Å². The third-order valence-corrected chi connectivity index (χ3v) is 3.84. The highest BCUT2D eigenvalue weighted by Gasteiger charge is 2.21. The molecule has 1 heterocycles. The molecule has 1 atom stereocenters.